The average molecular weight is 308 g/mol. The average Bonchev–Trinajstić information content (AvgIpc) is 2.91. The number of hydrogen-bond donors (Lipinski definition) is 0. The molecule has 4 rings (SSSR count). The molecule has 4 heteroatoms. The van der Waals surface area contributed by atoms with Gasteiger partial charge >= 0.3 is 0 Å². The summed E-state index contributed by atoms with van der Waals surface area (Å²) >= 11 is 3.62. The van der Waals surface area contributed by atoms with E-state index < -0.39 is 5.72 Å². The third-order valence-electron chi connectivity index (χ3n) is 4.54. The number of ether oxygens (including phenoxy) is 1. The van der Waals surface area contributed by atoms with Gasteiger partial charge in [-0.3, -0.25) is 4.79 Å². The van der Waals surface area contributed by atoms with Crippen molar-refractivity contribution < 1.29 is 9.53 Å². The minimum atomic E-state index is -0.463. The zero-order valence-corrected chi connectivity index (χ0v) is 11.7. The van der Waals surface area contributed by atoms with Crippen molar-refractivity contribution in [2.45, 2.75) is 31.5 Å². The lowest BCUT2D eigenvalue weighted by atomic mass is 9.97. The van der Waals surface area contributed by atoms with Gasteiger partial charge in [0.25, 0.3) is 0 Å². The summed E-state index contributed by atoms with van der Waals surface area (Å²) in [5.41, 5.74) is 2.04. The van der Waals surface area contributed by atoms with Crippen LogP contribution in [0.4, 0.5) is 0 Å². The molecule has 0 unspecified atom stereocenters. The number of benzene rings is 1. The monoisotopic (exact) mass is 307 g/mol. The first-order valence-electron chi connectivity index (χ1n) is 6.38. The molecule has 2 heterocycles. The third-order valence-corrected chi connectivity index (χ3v) is 5.28. The summed E-state index contributed by atoms with van der Waals surface area (Å²) < 4.78 is 7.28. The summed E-state index contributed by atoms with van der Waals surface area (Å²) in [7, 11) is 0. The van der Waals surface area contributed by atoms with Gasteiger partial charge in [0.2, 0.25) is 5.91 Å². The molecular weight excluding hydrogens is 294 g/mol. The Labute approximate surface area is 114 Å². The number of fused-ring (bicyclic) bond motifs is 1. The van der Waals surface area contributed by atoms with E-state index in [-0.39, 0.29) is 17.9 Å². The Hall–Kier alpha value is -0.870. The van der Waals surface area contributed by atoms with E-state index in [2.05, 4.69) is 35.0 Å². The van der Waals surface area contributed by atoms with Gasteiger partial charge in [0.15, 0.2) is 5.72 Å². The molecule has 1 spiro atoms. The Kier molecular flexibility index (Phi) is 2.06. The second kappa shape index (κ2) is 3.36. The highest BCUT2D eigenvalue weighted by Gasteiger charge is 2.63. The normalized spacial score (nSPS) is 36.8. The van der Waals surface area contributed by atoms with Crippen molar-refractivity contribution in [1.82, 2.24) is 4.90 Å². The molecule has 3 atom stereocenters. The fourth-order valence-corrected chi connectivity index (χ4v) is 4.43. The predicted octanol–water partition coefficient (Wildman–Crippen LogP) is 2.43. The van der Waals surface area contributed by atoms with Gasteiger partial charge in [0.1, 0.15) is 0 Å². The lowest BCUT2D eigenvalue weighted by Crippen LogP contribution is -2.43. The molecule has 1 aromatic rings. The predicted molar refractivity (Wildman–Crippen MR) is 69.9 cm³/mol. The molecule has 0 saturated carbocycles. The molecule has 1 amide bonds. The Balaban J connectivity index is 1.96. The first kappa shape index (κ1) is 11.0. The minimum absolute atomic E-state index is 0.187. The SMILES string of the molecule is C[C@@H]1CO[C@@]23c4cccc(Br)c4C[C@@H]2CC(=O)N13. The van der Waals surface area contributed by atoms with Crippen LogP contribution in [-0.2, 0) is 21.7 Å². The molecule has 2 fully saturated rings. The van der Waals surface area contributed by atoms with Crippen LogP contribution in [0.25, 0.3) is 0 Å². The zero-order valence-electron chi connectivity index (χ0n) is 10.1. The van der Waals surface area contributed by atoms with Crippen molar-refractivity contribution in [3.8, 4) is 0 Å². The lowest BCUT2D eigenvalue weighted by molar-refractivity contribution is -0.141. The zero-order chi connectivity index (χ0) is 12.5. The largest absolute Gasteiger partial charge is 0.349 e. The fraction of sp³-hybridized carbons (Fsp3) is 0.500. The highest BCUT2D eigenvalue weighted by molar-refractivity contribution is 9.10. The summed E-state index contributed by atoms with van der Waals surface area (Å²) in [4.78, 5) is 14.2. The molecule has 1 aromatic carbocycles. The van der Waals surface area contributed by atoms with Crippen LogP contribution >= 0.6 is 15.9 Å². The molecule has 1 aliphatic carbocycles. The van der Waals surface area contributed by atoms with Crippen LogP contribution in [0.15, 0.2) is 22.7 Å². The summed E-state index contributed by atoms with van der Waals surface area (Å²) in [5, 5.41) is 0. The maximum atomic E-state index is 12.2. The van der Waals surface area contributed by atoms with Crippen LogP contribution in [0.1, 0.15) is 24.5 Å². The van der Waals surface area contributed by atoms with Gasteiger partial charge in [-0.2, -0.15) is 0 Å². The molecule has 0 N–H and O–H groups in total. The Morgan fingerprint density at radius 3 is 3.11 bits per heavy atom. The molecule has 2 saturated heterocycles. The van der Waals surface area contributed by atoms with Crippen molar-refractivity contribution in [2.75, 3.05) is 6.61 Å². The smallest absolute Gasteiger partial charge is 0.225 e. The van der Waals surface area contributed by atoms with E-state index in [1.165, 1.54) is 11.1 Å². The maximum Gasteiger partial charge on any atom is 0.225 e. The van der Waals surface area contributed by atoms with Gasteiger partial charge in [-0.25, -0.2) is 0 Å². The quantitative estimate of drug-likeness (QED) is 0.737. The van der Waals surface area contributed by atoms with Gasteiger partial charge in [0.05, 0.1) is 12.6 Å². The van der Waals surface area contributed by atoms with Crippen LogP contribution in [0, 0.1) is 5.92 Å². The van der Waals surface area contributed by atoms with Crippen molar-refractivity contribution in [3.05, 3.63) is 33.8 Å². The molecule has 3 nitrogen and oxygen atoms in total. The maximum absolute atomic E-state index is 12.2. The van der Waals surface area contributed by atoms with Crippen LogP contribution in [0.2, 0.25) is 0 Å². The highest BCUT2D eigenvalue weighted by atomic mass is 79.9. The summed E-state index contributed by atoms with van der Waals surface area (Å²) in [6.07, 6.45) is 1.55. The number of amides is 1. The molecule has 0 radical (unpaired) electrons. The second-order valence-corrected chi connectivity index (χ2v) is 6.35. The molecule has 18 heavy (non-hydrogen) atoms. The second-order valence-electron chi connectivity index (χ2n) is 5.49. The molecule has 3 aliphatic rings. The molecule has 2 aliphatic heterocycles. The first-order valence-corrected chi connectivity index (χ1v) is 7.18. The Bertz CT molecular complexity index is 559. The van der Waals surface area contributed by atoms with E-state index in [1.807, 2.05) is 11.0 Å². The Morgan fingerprint density at radius 1 is 1.44 bits per heavy atom. The number of rotatable bonds is 0. The molecule has 94 valence electrons. The number of halogens is 1. The standard InChI is InChI=1S/C14H14BrNO2/c1-8-7-18-14-9(6-13(17)16(8)14)5-10-11(14)3-2-4-12(10)15/h2-4,8-9H,5-7H2,1H3/t8-,9-,14-/m1/s1. The van der Waals surface area contributed by atoms with Gasteiger partial charge < -0.3 is 9.64 Å². The Morgan fingerprint density at radius 2 is 2.28 bits per heavy atom. The fourth-order valence-electron chi connectivity index (χ4n) is 3.90. The molecular formula is C14H14BrNO2. The van der Waals surface area contributed by atoms with Gasteiger partial charge in [0, 0.05) is 22.4 Å². The van der Waals surface area contributed by atoms with Crippen LogP contribution in [0.5, 0.6) is 0 Å². The number of carbonyl (C=O) groups excluding carboxylic acids is 1. The van der Waals surface area contributed by atoms with E-state index in [0.29, 0.717) is 13.0 Å². The van der Waals surface area contributed by atoms with Crippen molar-refractivity contribution >= 4 is 21.8 Å². The van der Waals surface area contributed by atoms with E-state index in [4.69, 9.17) is 4.74 Å². The van der Waals surface area contributed by atoms with Gasteiger partial charge in [-0.05, 0) is 25.0 Å². The van der Waals surface area contributed by atoms with Crippen LogP contribution in [-0.4, -0.2) is 23.5 Å². The van der Waals surface area contributed by atoms with Crippen molar-refractivity contribution in [2.24, 2.45) is 5.92 Å². The first-order chi connectivity index (χ1) is 8.64. The van der Waals surface area contributed by atoms with Crippen LogP contribution < -0.4 is 0 Å². The van der Waals surface area contributed by atoms with Gasteiger partial charge in [-0.1, -0.05) is 28.1 Å². The van der Waals surface area contributed by atoms with E-state index in [0.717, 1.165) is 10.9 Å². The summed E-state index contributed by atoms with van der Waals surface area (Å²) in [5.74, 6) is 0.527. The highest BCUT2D eigenvalue weighted by Crippen LogP contribution is 2.57. The van der Waals surface area contributed by atoms with E-state index in [1.54, 1.807) is 0 Å². The van der Waals surface area contributed by atoms with Crippen molar-refractivity contribution in [1.29, 1.82) is 0 Å². The number of hydrogen-bond acceptors (Lipinski definition) is 2. The van der Waals surface area contributed by atoms with Gasteiger partial charge in [-0.15, -0.1) is 0 Å². The van der Waals surface area contributed by atoms with E-state index in [9.17, 15) is 4.79 Å². The molecule has 0 bridgehead atoms. The topological polar surface area (TPSA) is 29.5 Å². The number of nitrogens with zero attached hydrogens (tertiary/aromatic N) is 1. The third kappa shape index (κ3) is 1.07. The van der Waals surface area contributed by atoms with Crippen LogP contribution in [0.3, 0.4) is 0 Å². The summed E-state index contributed by atoms with van der Waals surface area (Å²) in [6, 6.07) is 6.41. The van der Waals surface area contributed by atoms with Crippen molar-refractivity contribution in [3.63, 3.8) is 0 Å². The minimum Gasteiger partial charge on any atom is -0.349 e. The lowest BCUT2D eigenvalue weighted by Gasteiger charge is -2.33. The molecule has 0 aromatic heterocycles. The number of carbonyl (C=O) groups is 1. The summed E-state index contributed by atoms with van der Waals surface area (Å²) in [6.45, 7) is 2.72. The van der Waals surface area contributed by atoms with E-state index >= 15 is 0 Å².